The number of carbonyl (C=O) groups excluding carboxylic acids is 1. The monoisotopic (exact) mass is 197 g/mol. The SMILES string of the molecule is O=C1CC=NN=c2c1ccc1c2=CC=N1. The Morgan fingerprint density at radius 3 is 3.13 bits per heavy atom. The Labute approximate surface area is 85.4 Å². The first-order valence-corrected chi connectivity index (χ1v) is 4.66. The van der Waals surface area contributed by atoms with Gasteiger partial charge in [-0.1, -0.05) is 0 Å². The van der Waals surface area contributed by atoms with Crippen LogP contribution in [0, 0.1) is 0 Å². The topological polar surface area (TPSA) is 54.1 Å². The number of hydrogen-bond acceptors (Lipinski definition) is 4. The predicted molar refractivity (Wildman–Crippen MR) is 57.3 cm³/mol. The molecule has 0 bridgehead atoms. The third-order valence-corrected chi connectivity index (χ3v) is 2.47. The fraction of sp³-hybridized carbons (Fsp3) is 0.0909. The van der Waals surface area contributed by atoms with Crippen LogP contribution in [0.25, 0.3) is 6.08 Å². The molecule has 0 amide bonds. The van der Waals surface area contributed by atoms with Crippen LogP contribution in [0.1, 0.15) is 16.8 Å². The molecule has 15 heavy (non-hydrogen) atoms. The summed E-state index contributed by atoms with van der Waals surface area (Å²) < 4.78 is 0. The van der Waals surface area contributed by atoms with E-state index in [0.717, 1.165) is 10.9 Å². The van der Waals surface area contributed by atoms with Crippen LogP contribution < -0.4 is 10.6 Å². The van der Waals surface area contributed by atoms with Crippen molar-refractivity contribution in [3.05, 3.63) is 28.3 Å². The summed E-state index contributed by atoms with van der Waals surface area (Å²) in [7, 11) is 0. The summed E-state index contributed by atoms with van der Waals surface area (Å²) in [5, 5.41) is 9.42. The molecule has 4 nitrogen and oxygen atoms in total. The molecule has 0 radical (unpaired) electrons. The molecule has 0 atom stereocenters. The second kappa shape index (κ2) is 2.95. The van der Waals surface area contributed by atoms with Crippen LogP contribution in [0.5, 0.6) is 0 Å². The van der Waals surface area contributed by atoms with E-state index in [1.165, 1.54) is 6.21 Å². The molecule has 3 rings (SSSR count). The Bertz CT molecular complexity index is 626. The second-order valence-electron chi connectivity index (χ2n) is 3.36. The molecule has 0 N–H and O–H groups in total. The van der Waals surface area contributed by atoms with Crippen molar-refractivity contribution >= 4 is 30.0 Å². The van der Waals surface area contributed by atoms with E-state index in [9.17, 15) is 4.79 Å². The van der Waals surface area contributed by atoms with Gasteiger partial charge in [-0.25, -0.2) is 0 Å². The van der Waals surface area contributed by atoms with Gasteiger partial charge in [-0.05, 0) is 18.2 Å². The summed E-state index contributed by atoms with van der Waals surface area (Å²) in [6.45, 7) is 0. The lowest BCUT2D eigenvalue weighted by Crippen LogP contribution is -2.29. The zero-order valence-electron chi connectivity index (χ0n) is 7.84. The number of aliphatic imine (C=N–C) groups is 1. The largest absolute Gasteiger partial charge is 0.294 e. The summed E-state index contributed by atoms with van der Waals surface area (Å²) in [5.74, 6) is 0.0538. The fourth-order valence-electron chi connectivity index (χ4n) is 1.73. The predicted octanol–water partition coefficient (Wildman–Crippen LogP) is 0.375. The van der Waals surface area contributed by atoms with E-state index in [4.69, 9.17) is 0 Å². The van der Waals surface area contributed by atoms with Gasteiger partial charge >= 0.3 is 0 Å². The van der Waals surface area contributed by atoms with Crippen LogP contribution in [0.2, 0.25) is 0 Å². The molecule has 0 aliphatic carbocycles. The lowest BCUT2D eigenvalue weighted by molar-refractivity contribution is 0.100. The molecule has 72 valence electrons. The van der Waals surface area contributed by atoms with Gasteiger partial charge in [-0.3, -0.25) is 9.79 Å². The van der Waals surface area contributed by atoms with Crippen molar-refractivity contribution in [2.75, 3.05) is 0 Å². The van der Waals surface area contributed by atoms with Gasteiger partial charge in [0.25, 0.3) is 0 Å². The minimum absolute atomic E-state index is 0.0538. The van der Waals surface area contributed by atoms with Gasteiger partial charge in [-0.15, -0.1) is 0 Å². The minimum atomic E-state index is 0.0538. The van der Waals surface area contributed by atoms with Gasteiger partial charge in [-0.2, -0.15) is 10.2 Å². The summed E-state index contributed by atoms with van der Waals surface area (Å²) in [6, 6.07) is 3.61. The maximum Gasteiger partial charge on any atom is 0.170 e. The summed E-state index contributed by atoms with van der Waals surface area (Å²) in [6.07, 6.45) is 5.41. The van der Waals surface area contributed by atoms with Crippen molar-refractivity contribution in [3.8, 4) is 0 Å². The van der Waals surface area contributed by atoms with E-state index in [-0.39, 0.29) is 5.78 Å². The molecule has 4 heteroatoms. The average molecular weight is 197 g/mol. The van der Waals surface area contributed by atoms with Crippen LogP contribution in [-0.4, -0.2) is 18.2 Å². The van der Waals surface area contributed by atoms with Crippen molar-refractivity contribution in [2.45, 2.75) is 6.42 Å². The number of rotatable bonds is 0. The van der Waals surface area contributed by atoms with Crippen LogP contribution in [0.3, 0.4) is 0 Å². The molecular weight excluding hydrogens is 190 g/mol. The Kier molecular flexibility index (Phi) is 1.62. The number of hydrogen-bond donors (Lipinski definition) is 0. The van der Waals surface area contributed by atoms with Crippen LogP contribution in [0.15, 0.2) is 27.3 Å². The first kappa shape index (κ1) is 8.23. The highest BCUT2D eigenvalue weighted by Crippen LogP contribution is 2.08. The molecule has 2 heterocycles. The van der Waals surface area contributed by atoms with E-state index in [1.54, 1.807) is 12.3 Å². The van der Waals surface area contributed by atoms with Crippen molar-refractivity contribution < 1.29 is 4.79 Å². The van der Waals surface area contributed by atoms with Gasteiger partial charge in [0.15, 0.2) is 5.78 Å². The minimum Gasteiger partial charge on any atom is -0.294 e. The van der Waals surface area contributed by atoms with Gasteiger partial charge in [0.1, 0.15) is 5.36 Å². The Morgan fingerprint density at radius 1 is 1.27 bits per heavy atom. The smallest absolute Gasteiger partial charge is 0.170 e. The number of ketones is 1. The van der Waals surface area contributed by atoms with Crippen LogP contribution >= 0.6 is 0 Å². The lowest BCUT2D eigenvalue weighted by atomic mass is 10.1. The lowest BCUT2D eigenvalue weighted by Gasteiger charge is -1.97. The second-order valence-corrected chi connectivity index (χ2v) is 3.36. The highest BCUT2D eigenvalue weighted by molar-refractivity contribution is 6.05. The molecule has 0 fully saturated rings. The molecule has 0 aromatic heterocycles. The quantitative estimate of drug-likeness (QED) is 0.593. The molecule has 1 aromatic rings. The third kappa shape index (κ3) is 1.15. The third-order valence-electron chi connectivity index (χ3n) is 2.47. The van der Waals surface area contributed by atoms with E-state index in [2.05, 4.69) is 15.2 Å². The van der Waals surface area contributed by atoms with Crippen LogP contribution in [0.4, 0.5) is 5.69 Å². The molecular formula is C11H7N3O. The van der Waals surface area contributed by atoms with E-state index in [0.29, 0.717) is 17.3 Å². The zero-order chi connectivity index (χ0) is 10.3. The molecule has 1 aromatic carbocycles. The summed E-state index contributed by atoms with van der Waals surface area (Å²) in [5.41, 5.74) is 1.48. The van der Waals surface area contributed by atoms with Crippen molar-refractivity contribution in [3.63, 3.8) is 0 Å². The van der Waals surface area contributed by atoms with Gasteiger partial charge in [0.2, 0.25) is 0 Å². The fourth-order valence-corrected chi connectivity index (χ4v) is 1.73. The maximum atomic E-state index is 11.7. The van der Waals surface area contributed by atoms with E-state index in [1.807, 2.05) is 12.1 Å². The normalized spacial score (nSPS) is 16.4. The van der Waals surface area contributed by atoms with Crippen molar-refractivity contribution in [1.82, 2.24) is 0 Å². The number of nitrogens with zero attached hydrogens (tertiary/aromatic N) is 3. The van der Waals surface area contributed by atoms with Gasteiger partial charge in [0, 0.05) is 29.6 Å². The van der Waals surface area contributed by atoms with Gasteiger partial charge in [0.05, 0.1) is 5.69 Å². The summed E-state index contributed by atoms with van der Waals surface area (Å²) in [4.78, 5) is 15.9. The number of benzene rings is 1. The highest BCUT2D eigenvalue weighted by Gasteiger charge is 2.13. The van der Waals surface area contributed by atoms with Crippen molar-refractivity contribution in [1.29, 1.82) is 0 Å². The highest BCUT2D eigenvalue weighted by atomic mass is 16.1. The summed E-state index contributed by atoms with van der Waals surface area (Å²) >= 11 is 0. The first-order valence-electron chi connectivity index (χ1n) is 4.66. The first-order chi connectivity index (χ1) is 7.36. The Balaban J connectivity index is 2.47. The molecule has 2 aliphatic heterocycles. The molecule has 0 saturated carbocycles. The van der Waals surface area contributed by atoms with Crippen LogP contribution in [-0.2, 0) is 0 Å². The number of carbonyl (C=O) groups is 1. The Morgan fingerprint density at radius 2 is 2.20 bits per heavy atom. The maximum absolute atomic E-state index is 11.7. The number of Topliss-reactive ketones (excluding diaryl/α,β-unsaturated/α-hetero) is 1. The van der Waals surface area contributed by atoms with E-state index >= 15 is 0 Å². The Hall–Kier alpha value is -2.10. The number of fused-ring (bicyclic) bond motifs is 3. The standard InChI is InChI=1S/C11H7N3O/c15-10-4-6-13-14-11-7-3-5-12-9(7)2-1-8(10)11/h1-3,5-6H,4H2. The molecule has 0 unspecified atom stereocenters. The molecule has 0 saturated heterocycles. The molecule has 2 aliphatic rings. The van der Waals surface area contributed by atoms with E-state index < -0.39 is 0 Å². The zero-order valence-corrected chi connectivity index (χ0v) is 7.84. The molecule has 0 spiro atoms. The van der Waals surface area contributed by atoms with Gasteiger partial charge < -0.3 is 0 Å². The average Bonchev–Trinajstić information content (AvgIpc) is 2.64. The van der Waals surface area contributed by atoms with Crippen molar-refractivity contribution in [2.24, 2.45) is 15.2 Å².